The molecule has 0 saturated carbocycles. The average molecular weight is 449 g/mol. The molecule has 130 valence electrons. The van der Waals surface area contributed by atoms with E-state index in [1.807, 2.05) is 0 Å². The van der Waals surface area contributed by atoms with Gasteiger partial charge in [0, 0.05) is 11.6 Å². The molecule has 24 heavy (non-hydrogen) atoms. The standard InChI is InChI=1S/C16H17F2N3O2.HI/c1-22-12-4-6-15(23-2)14(8-12)21-16(19)20-9-10-7-11(17)3-5-13(10)18;/h3-8H,9H2,1-2H3,(H3,19,20,21);1H. The van der Waals surface area contributed by atoms with Crippen LogP contribution in [0.25, 0.3) is 0 Å². The molecule has 8 heteroatoms. The fraction of sp³-hybridized carbons (Fsp3) is 0.188. The molecule has 0 aliphatic carbocycles. The van der Waals surface area contributed by atoms with Gasteiger partial charge in [-0.25, -0.2) is 13.8 Å². The van der Waals surface area contributed by atoms with Crippen molar-refractivity contribution in [2.75, 3.05) is 19.5 Å². The number of hydrogen-bond donors (Lipinski definition) is 2. The largest absolute Gasteiger partial charge is 0.497 e. The van der Waals surface area contributed by atoms with E-state index in [-0.39, 0.29) is 42.0 Å². The Morgan fingerprint density at radius 2 is 1.88 bits per heavy atom. The molecular formula is C16H18F2IN3O2. The number of nitrogens with two attached hydrogens (primary N) is 1. The van der Waals surface area contributed by atoms with E-state index in [4.69, 9.17) is 15.2 Å². The van der Waals surface area contributed by atoms with Gasteiger partial charge in [-0.3, -0.25) is 0 Å². The Morgan fingerprint density at radius 1 is 1.12 bits per heavy atom. The molecule has 0 heterocycles. The topological polar surface area (TPSA) is 68.9 Å². The first-order valence-corrected chi connectivity index (χ1v) is 6.76. The van der Waals surface area contributed by atoms with Crippen LogP contribution in [0.3, 0.4) is 0 Å². The minimum atomic E-state index is -0.540. The van der Waals surface area contributed by atoms with Gasteiger partial charge in [0.25, 0.3) is 0 Å². The van der Waals surface area contributed by atoms with Crippen LogP contribution in [-0.4, -0.2) is 20.2 Å². The summed E-state index contributed by atoms with van der Waals surface area (Å²) in [4.78, 5) is 4.00. The number of hydrogen-bond acceptors (Lipinski definition) is 3. The van der Waals surface area contributed by atoms with Gasteiger partial charge in [-0.1, -0.05) is 0 Å². The van der Waals surface area contributed by atoms with Crippen LogP contribution < -0.4 is 20.5 Å². The second-order valence-corrected chi connectivity index (χ2v) is 4.63. The number of halogens is 3. The van der Waals surface area contributed by atoms with Crippen LogP contribution in [-0.2, 0) is 6.54 Å². The van der Waals surface area contributed by atoms with Crippen LogP contribution in [0.1, 0.15) is 5.56 Å². The summed E-state index contributed by atoms with van der Waals surface area (Å²) in [5, 5.41) is 2.85. The molecule has 2 aromatic carbocycles. The smallest absolute Gasteiger partial charge is 0.193 e. The van der Waals surface area contributed by atoms with Gasteiger partial charge in [0.1, 0.15) is 23.1 Å². The normalized spacial score (nSPS) is 10.8. The number of methoxy groups -OCH3 is 2. The summed E-state index contributed by atoms with van der Waals surface area (Å²) in [6.07, 6.45) is 0. The predicted octanol–water partition coefficient (Wildman–Crippen LogP) is 3.53. The van der Waals surface area contributed by atoms with Crippen LogP contribution in [0, 0.1) is 11.6 Å². The minimum absolute atomic E-state index is 0. The maximum absolute atomic E-state index is 13.5. The number of rotatable bonds is 5. The van der Waals surface area contributed by atoms with E-state index in [2.05, 4.69) is 10.3 Å². The number of benzene rings is 2. The third-order valence-electron chi connectivity index (χ3n) is 3.10. The zero-order valence-electron chi connectivity index (χ0n) is 13.2. The molecule has 0 aliphatic rings. The Kier molecular flexibility index (Phi) is 7.69. The van der Waals surface area contributed by atoms with Gasteiger partial charge in [-0.15, -0.1) is 24.0 Å². The van der Waals surface area contributed by atoms with Gasteiger partial charge >= 0.3 is 0 Å². The molecule has 0 radical (unpaired) electrons. The number of anilines is 1. The highest BCUT2D eigenvalue weighted by molar-refractivity contribution is 14.0. The SMILES string of the molecule is COc1ccc(OC)c(NC(N)=NCc2cc(F)ccc2F)c1.I. The van der Waals surface area contributed by atoms with Crippen molar-refractivity contribution in [3.05, 3.63) is 53.6 Å². The van der Waals surface area contributed by atoms with E-state index in [0.717, 1.165) is 18.2 Å². The zero-order chi connectivity index (χ0) is 16.8. The van der Waals surface area contributed by atoms with Gasteiger partial charge < -0.3 is 20.5 Å². The Balaban J connectivity index is 0.00000288. The second-order valence-electron chi connectivity index (χ2n) is 4.63. The van der Waals surface area contributed by atoms with E-state index in [0.29, 0.717) is 17.2 Å². The van der Waals surface area contributed by atoms with Crippen LogP contribution in [0.15, 0.2) is 41.4 Å². The Bertz CT molecular complexity index is 726. The van der Waals surface area contributed by atoms with Crippen LogP contribution in [0.4, 0.5) is 14.5 Å². The number of aliphatic imine (C=N–C) groups is 1. The number of ether oxygens (including phenoxy) is 2. The quantitative estimate of drug-likeness (QED) is 0.417. The molecule has 0 saturated heterocycles. The first kappa shape index (κ1) is 19.9. The van der Waals surface area contributed by atoms with Crippen molar-refractivity contribution in [1.82, 2.24) is 0 Å². The van der Waals surface area contributed by atoms with E-state index in [1.165, 1.54) is 14.2 Å². The van der Waals surface area contributed by atoms with Crippen LogP contribution >= 0.6 is 24.0 Å². The van der Waals surface area contributed by atoms with E-state index >= 15 is 0 Å². The number of nitrogens with one attached hydrogen (secondary N) is 1. The highest BCUT2D eigenvalue weighted by Gasteiger charge is 2.07. The van der Waals surface area contributed by atoms with Crippen LogP contribution in [0.5, 0.6) is 11.5 Å². The molecule has 0 fully saturated rings. The fourth-order valence-corrected chi connectivity index (χ4v) is 1.92. The molecule has 5 nitrogen and oxygen atoms in total. The molecule has 0 aromatic heterocycles. The first-order valence-electron chi connectivity index (χ1n) is 6.76. The maximum Gasteiger partial charge on any atom is 0.193 e. The fourth-order valence-electron chi connectivity index (χ4n) is 1.92. The average Bonchev–Trinajstić information content (AvgIpc) is 2.55. The third-order valence-corrected chi connectivity index (χ3v) is 3.10. The Labute approximate surface area is 155 Å². The molecule has 0 aliphatic heterocycles. The summed E-state index contributed by atoms with van der Waals surface area (Å²) in [5.41, 5.74) is 6.45. The maximum atomic E-state index is 13.5. The van der Waals surface area contributed by atoms with Crippen molar-refractivity contribution in [2.45, 2.75) is 6.54 Å². The van der Waals surface area contributed by atoms with Gasteiger partial charge in [-0.05, 0) is 30.3 Å². The van der Waals surface area contributed by atoms with Crippen LogP contribution in [0.2, 0.25) is 0 Å². The summed E-state index contributed by atoms with van der Waals surface area (Å²) in [6.45, 7) is -0.0886. The molecule has 3 N–H and O–H groups in total. The summed E-state index contributed by atoms with van der Waals surface area (Å²) in [5.74, 6) is 0.123. The third kappa shape index (κ3) is 5.22. The summed E-state index contributed by atoms with van der Waals surface area (Å²) >= 11 is 0. The van der Waals surface area contributed by atoms with Crippen molar-refractivity contribution in [3.8, 4) is 11.5 Å². The molecule has 0 unspecified atom stereocenters. The Hall–Kier alpha value is -2.10. The Morgan fingerprint density at radius 3 is 2.54 bits per heavy atom. The lowest BCUT2D eigenvalue weighted by molar-refractivity contribution is 0.405. The lowest BCUT2D eigenvalue weighted by Gasteiger charge is -2.12. The van der Waals surface area contributed by atoms with Gasteiger partial charge in [0.15, 0.2) is 5.96 Å². The summed E-state index contributed by atoms with van der Waals surface area (Å²) < 4.78 is 37.0. The van der Waals surface area contributed by atoms with E-state index in [9.17, 15) is 8.78 Å². The molecule has 0 amide bonds. The van der Waals surface area contributed by atoms with Crippen molar-refractivity contribution in [1.29, 1.82) is 0 Å². The first-order chi connectivity index (χ1) is 11.0. The molecule has 2 rings (SSSR count). The van der Waals surface area contributed by atoms with Gasteiger partial charge in [0.2, 0.25) is 0 Å². The van der Waals surface area contributed by atoms with Crippen molar-refractivity contribution in [3.63, 3.8) is 0 Å². The van der Waals surface area contributed by atoms with Crippen molar-refractivity contribution >= 4 is 35.6 Å². The number of nitrogens with zero attached hydrogens (tertiary/aromatic N) is 1. The minimum Gasteiger partial charge on any atom is -0.497 e. The van der Waals surface area contributed by atoms with Gasteiger partial charge in [0.05, 0.1) is 26.5 Å². The lowest BCUT2D eigenvalue weighted by atomic mass is 10.2. The zero-order valence-corrected chi connectivity index (χ0v) is 15.5. The van der Waals surface area contributed by atoms with E-state index < -0.39 is 11.6 Å². The van der Waals surface area contributed by atoms with Crippen molar-refractivity contribution < 1.29 is 18.3 Å². The molecular weight excluding hydrogens is 431 g/mol. The molecule has 0 spiro atoms. The summed E-state index contributed by atoms with van der Waals surface area (Å²) in [7, 11) is 3.05. The van der Waals surface area contributed by atoms with Crippen molar-refractivity contribution in [2.24, 2.45) is 10.7 Å². The van der Waals surface area contributed by atoms with Gasteiger partial charge in [-0.2, -0.15) is 0 Å². The lowest BCUT2D eigenvalue weighted by Crippen LogP contribution is -2.23. The highest BCUT2D eigenvalue weighted by atomic mass is 127. The molecule has 2 aromatic rings. The second kappa shape index (κ2) is 9.26. The predicted molar refractivity (Wildman–Crippen MR) is 100 cm³/mol. The molecule has 0 bridgehead atoms. The number of guanidine groups is 1. The highest BCUT2D eigenvalue weighted by Crippen LogP contribution is 2.28. The van der Waals surface area contributed by atoms with E-state index in [1.54, 1.807) is 18.2 Å². The summed E-state index contributed by atoms with van der Waals surface area (Å²) in [6, 6.07) is 8.31. The molecule has 0 atom stereocenters. The monoisotopic (exact) mass is 449 g/mol.